The van der Waals surface area contributed by atoms with E-state index in [1.54, 1.807) is 10.9 Å². The largest absolute Gasteiger partial charge is 0.251 e. The van der Waals surface area contributed by atoms with Gasteiger partial charge in [-0.25, -0.2) is 14.6 Å². The van der Waals surface area contributed by atoms with Crippen molar-refractivity contribution in [3.05, 3.63) is 33.8 Å². The lowest BCUT2D eigenvalue weighted by atomic mass is 10.4. The van der Waals surface area contributed by atoms with Crippen molar-refractivity contribution in [1.82, 2.24) is 19.7 Å². The van der Waals surface area contributed by atoms with Gasteiger partial charge in [0.2, 0.25) is 0 Å². The zero-order chi connectivity index (χ0) is 11.0. The first-order valence-electron chi connectivity index (χ1n) is 4.60. The average molecular weight is 267 g/mol. The molecule has 4 nitrogen and oxygen atoms in total. The fraction of sp³-hybridized carbons (Fsp3) is 0.300. The summed E-state index contributed by atoms with van der Waals surface area (Å²) < 4.78 is 2.65. The number of hydrogen-bond acceptors (Lipinski definition) is 3. The van der Waals surface area contributed by atoms with Crippen molar-refractivity contribution in [2.24, 2.45) is 0 Å². The summed E-state index contributed by atoms with van der Waals surface area (Å²) in [5, 5.41) is 4.33. The van der Waals surface area contributed by atoms with Gasteiger partial charge in [-0.15, -0.1) is 0 Å². The summed E-state index contributed by atoms with van der Waals surface area (Å²) in [6.07, 6.45) is 1.74. The Balaban J connectivity index is 2.54. The maximum Gasteiger partial charge on any atom is 0.251 e. The molecule has 2 rings (SSSR count). The van der Waals surface area contributed by atoms with Crippen molar-refractivity contribution in [1.29, 1.82) is 0 Å². The van der Waals surface area contributed by atoms with E-state index >= 15 is 0 Å². The third-order valence-electron chi connectivity index (χ3n) is 2.11. The Hall–Kier alpha value is -1.23. The predicted molar refractivity (Wildman–Crippen MR) is 61.1 cm³/mol. The Morgan fingerprint density at radius 3 is 2.53 bits per heavy atom. The molecule has 78 valence electrons. The summed E-state index contributed by atoms with van der Waals surface area (Å²) in [4.78, 5) is 8.59. The second kappa shape index (κ2) is 3.73. The summed E-state index contributed by atoms with van der Waals surface area (Å²) in [5.41, 5.74) is 2.92. The molecular weight excluding hydrogens is 256 g/mol. The third kappa shape index (κ3) is 1.92. The lowest BCUT2D eigenvalue weighted by Gasteiger charge is -2.03. The monoisotopic (exact) mass is 266 g/mol. The molecule has 0 bridgehead atoms. The van der Waals surface area contributed by atoms with Crippen molar-refractivity contribution in [3.8, 4) is 5.95 Å². The highest BCUT2D eigenvalue weighted by Crippen LogP contribution is 2.14. The smallest absolute Gasteiger partial charge is 0.218 e. The van der Waals surface area contributed by atoms with Crippen LogP contribution in [-0.2, 0) is 0 Å². The Morgan fingerprint density at radius 1 is 1.27 bits per heavy atom. The first-order valence-corrected chi connectivity index (χ1v) is 5.40. The van der Waals surface area contributed by atoms with Gasteiger partial charge in [0.25, 0.3) is 5.95 Å². The van der Waals surface area contributed by atoms with Crippen LogP contribution >= 0.6 is 15.9 Å². The molecule has 0 radical (unpaired) electrons. The number of aromatic nitrogens is 4. The highest BCUT2D eigenvalue weighted by Gasteiger charge is 2.07. The van der Waals surface area contributed by atoms with Crippen molar-refractivity contribution in [2.75, 3.05) is 0 Å². The van der Waals surface area contributed by atoms with E-state index in [1.807, 2.05) is 26.8 Å². The SMILES string of the molecule is Cc1cc(C)n(-c2ncc(Br)c(C)n2)n1. The van der Waals surface area contributed by atoms with Gasteiger partial charge in [-0.05, 0) is 42.8 Å². The van der Waals surface area contributed by atoms with E-state index < -0.39 is 0 Å². The van der Waals surface area contributed by atoms with Gasteiger partial charge in [0.1, 0.15) is 0 Å². The van der Waals surface area contributed by atoms with Crippen LogP contribution in [0.5, 0.6) is 0 Å². The Bertz CT molecular complexity index is 504. The van der Waals surface area contributed by atoms with E-state index in [0.717, 1.165) is 21.6 Å². The molecule has 0 aliphatic rings. The molecule has 0 N–H and O–H groups in total. The number of hydrogen-bond donors (Lipinski definition) is 0. The van der Waals surface area contributed by atoms with Crippen molar-refractivity contribution in [2.45, 2.75) is 20.8 Å². The molecule has 0 spiro atoms. The molecule has 5 heteroatoms. The summed E-state index contributed by atoms with van der Waals surface area (Å²) >= 11 is 3.37. The highest BCUT2D eigenvalue weighted by molar-refractivity contribution is 9.10. The zero-order valence-electron chi connectivity index (χ0n) is 8.82. The topological polar surface area (TPSA) is 43.6 Å². The molecular formula is C10H11BrN4. The maximum atomic E-state index is 4.36. The molecule has 0 atom stereocenters. The maximum absolute atomic E-state index is 4.36. The van der Waals surface area contributed by atoms with Crippen LogP contribution in [0.3, 0.4) is 0 Å². The van der Waals surface area contributed by atoms with E-state index in [0.29, 0.717) is 5.95 Å². The number of aryl methyl sites for hydroxylation is 3. The van der Waals surface area contributed by atoms with Crippen LogP contribution < -0.4 is 0 Å². The van der Waals surface area contributed by atoms with Crippen LogP contribution in [0, 0.1) is 20.8 Å². The molecule has 0 fully saturated rings. The van der Waals surface area contributed by atoms with Crippen LogP contribution in [0.25, 0.3) is 5.95 Å². The standard InChI is InChI=1S/C10H11BrN4/c1-6-4-7(2)15(14-6)10-12-5-9(11)8(3)13-10/h4-5H,1-3H3. The van der Waals surface area contributed by atoms with Crippen molar-refractivity contribution < 1.29 is 0 Å². The van der Waals surface area contributed by atoms with Crippen LogP contribution in [0.15, 0.2) is 16.7 Å². The lowest BCUT2D eigenvalue weighted by Crippen LogP contribution is -2.05. The van der Waals surface area contributed by atoms with Gasteiger partial charge in [-0.1, -0.05) is 0 Å². The van der Waals surface area contributed by atoms with E-state index in [2.05, 4.69) is 31.0 Å². The number of nitrogens with zero attached hydrogens (tertiary/aromatic N) is 4. The summed E-state index contributed by atoms with van der Waals surface area (Å²) in [6, 6.07) is 2.00. The Morgan fingerprint density at radius 2 is 2.00 bits per heavy atom. The van der Waals surface area contributed by atoms with Crippen molar-refractivity contribution >= 4 is 15.9 Å². The molecule has 15 heavy (non-hydrogen) atoms. The molecule has 2 aromatic rings. The molecule has 2 aromatic heterocycles. The van der Waals surface area contributed by atoms with E-state index in [1.165, 1.54) is 0 Å². The van der Waals surface area contributed by atoms with Crippen molar-refractivity contribution in [3.63, 3.8) is 0 Å². The summed E-state index contributed by atoms with van der Waals surface area (Å²) in [6.45, 7) is 5.87. The predicted octanol–water partition coefficient (Wildman–Crippen LogP) is 2.35. The van der Waals surface area contributed by atoms with Gasteiger partial charge in [0.05, 0.1) is 15.9 Å². The van der Waals surface area contributed by atoms with Gasteiger partial charge < -0.3 is 0 Å². The summed E-state index contributed by atoms with van der Waals surface area (Å²) in [7, 11) is 0. The van der Waals surface area contributed by atoms with Gasteiger partial charge in [-0.2, -0.15) is 5.10 Å². The molecule has 0 amide bonds. The summed E-state index contributed by atoms with van der Waals surface area (Å²) in [5.74, 6) is 0.612. The number of halogens is 1. The minimum Gasteiger partial charge on any atom is -0.218 e. The van der Waals surface area contributed by atoms with Gasteiger partial charge in [-0.3, -0.25) is 0 Å². The molecule has 2 heterocycles. The lowest BCUT2D eigenvalue weighted by molar-refractivity contribution is 0.766. The van der Waals surface area contributed by atoms with E-state index in [-0.39, 0.29) is 0 Å². The molecule has 0 saturated heterocycles. The minimum atomic E-state index is 0.612. The van der Waals surface area contributed by atoms with Crippen LogP contribution in [0.1, 0.15) is 17.1 Å². The fourth-order valence-corrected chi connectivity index (χ4v) is 1.56. The van der Waals surface area contributed by atoms with Gasteiger partial charge in [0, 0.05) is 11.9 Å². The third-order valence-corrected chi connectivity index (χ3v) is 2.88. The van der Waals surface area contributed by atoms with Crippen LogP contribution in [0.4, 0.5) is 0 Å². The minimum absolute atomic E-state index is 0.612. The van der Waals surface area contributed by atoms with E-state index in [9.17, 15) is 0 Å². The number of rotatable bonds is 1. The zero-order valence-corrected chi connectivity index (χ0v) is 10.4. The van der Waals surface area contributed by atoms with E-state index in [4.69, 9.17) is 0 Å². The first kappa shape index (κ1) is 10.3. The second-order valence-corrected chi connectivity index (χ2v) is 4.30. The molecule has 0 saturated carbocycles. The van der Waals surface area contributed by atoms with Gasteiger partial charge >= 0.3 is 0 Å². The Labute approximate surface area is 96.5 Å². The van der Waals surface area contributed by atoms with Crippen LogP contribution in [0.2, 0.25) is 0 Å². The van der Waals surface area contributed by atoms with Crippen LogP contribution in [-0.4, -0.2) is 19.7 Å². The van der Waals surface area contributed by atoms with Gasteiger partial charge in [0.15, 0.2) is 0 Å². The fourth-order valence-electron chi connectivity index (χ4n) is 1.37. The average Bonchev–Trinajstić information content (AvgIpc) is 2.50. The molecule has 0 aliphatic carbocycles. The Kier molecular flexibility index (Phi) is 2.56. The normalized spacial score (nSPS) is 10.7. The first-order chi connectivity index (χ1) is 7.08. The highest BCUT2D eigenvalue weighted by atomic mass is 79.9. The molecule has 0 aliphatic heterocycles. The quantitative estimate of drug-likeness (QED) is 0.796. The molecule has 0 unspecified atom stereocenters. The second-order valence-electron chi connectivity index (χ2n) is 3.44. The molecule has 0 aromatic carbocycles.